The van der Waals surface area contributed by atoms with E-state index >= 15 is 0 Å². The van der Waals surface area contributed by atoms with Crippen LogP contribution in [0.2, 0.25) is 0 Å². The quantitative estimate of drug-likeness (QED) is 0.171. The van der Waals surface area contributed by atoms with Gasteiger partial charge in [0.15, 0.2) is 0 Å². The Labute approximate surface area is 256 Å². The van der Waals surface area contributed by atoms with E-state index in [0.29, 0.717) is 0 Å². The number of hydrogen-bond acceptors (Lipinski definition) is 2. The van der Waals surface area contributed by atoms with Gasteiger partial charge in [-0.2, -0.15) is 0 Å². The van der Waals surface area contributed by atoms with Gasteiger partial charge in [-0.25, -0.2) is 0 Å². The van der Waals surface area contributed by atoms with Crippen molar-refractivity contribution in [3.63, 3.8) is 0 Å². The summed E-state index contributed by atoms with van der Waals surface area (Å²) in [5.74, 6) is 1.74. The molecular formula is C36H30N4Pt. The van der Waals surface area contributed by atoms with Gasteiger partial charge in [0.1, 0.15) is 0 Å². The van der Waals surface area contributed by atoms with Crippen LogP contribution < -0.4 is 0 Å². The van der Waals surface area contributed by atoms with E-state index in [9.17, 15) is 0 Å². The van der Waals surface area contributed by atoms with Crippen molar-refractivity contribution in [1.82, 2.24) is 19.1 Å². The van der Waals surface area contributed by atoms with Crippen LogP contribution in [-0.4, -0.2) is 19.1 Å². The summed E-state index contributed by atoms with van der Waals surface area (Å²) >= 11 is 0. The molecule has 0 saturated heterocycles. The molecular weight excluding hydrogens is 684 g/mol. The first-order valence-corrected chi connectivity index (χ1v) is 13.7. The van der Waals surface area contributed by atoms with Crippen LogP contribution in [0, 0.1) is 12.1 Å². The third-order valence-corrected chi connectivity index (χ3v) is 8.18. The Morgan fingerprint density at radius 2 is 0.902 bits per heavy atom. The molecule has 4 aromatic carbocycles. The number of imidazole rings is 2. The van der Waals surface area contributed by atoms with Gasteiger partial charge in [-0.15, -0.1) is 70.8 Å². The molecule has 1 aliphatic heterocycles. The minimum atomic E-state index is -0.404. The van der Waals surface area contributed by atoms with E-state index in [4.69, 9.17) is 9.97 Å². The average molecular weight is 714 g/mol. The van der Waals surface area contributed by atoms with Crippen molar-refractivity contribution in [2.75, 3.05) is 0 Å². The maximum Gasteiger partial charge on any atom is 2.00 e. The number of aromatic nitrogens is 4. The molecule has 8 bridgehead atoms. The summed E-state index contributed by atoms with van der Waals surface area (Å²) in [4.78, 5) is 10.5. The summed E-state index contributed by atoms with van der Waals surface area (Å²) in [6, 6.07) is 41.0. The first-order chi connectivity index (χ1) is 19.3. The van der Waals surface area contributed by atoms with Gasteiger partial charge < -0.3 is 9.13 Å². The van der Waals surface area contributed by atoms with Gasteiger partial charge >= 0.3 is 21.1 Å². The minimum Gasteiger partial charge on any atom is -0.340 e. The minimum absolute atomic E-state index is 0. The molecule has 0 spiro atoms. The molecule has 6 aromatic rings. The van der Waals surface area contributed by atoms with Gasteiger partial charge in [0.2, 0.25) is 0 Å². The monoisotopic (exact) mass is 713 g/mol. The Bertz CT molecular complexity index is 1710. The molecule has 0 unspecified atom stereocenters. The molecule has 41 heavy (non-hydrogen) atoms. The van der Waals surface area contributed by atoms with Crippen LogP contribution in [0.25, 0.3) is 34.2 Å². The summed E-state index contributed by atoms with van der Waals surface area (Å²) in [6.45, 7) is 8.87. The van der Waals surface area contributed by atoms with Gasteiger partial charge in [0.25, 0.3) is 0 Å². The molecule has 0 aliphatic carbocycles. The van der Waals surface area contributed by atoms with E-state index in [1.807, 2.05) is 12.1 Å². The molecule has 2 aromatic heterocycles. The number of fused-ring (bicyclic) bond motifs is 10. The molecule has 5 heteroatoms. The Morgan fingerprint density at radius 3 is 1.29 bits per heavy atom. The van der Waals surface area contributed by atoms with Crippen molar-refractivity contribution in [1.29, 1.82) is 0 Å². The van der Waals surface area contributed by atoms with Gasteiger partial charge in [-0.05, 0) is 24.3 Å². The van der Waals surface area contributed by atoms with Crippen LogP contribution in [-0.2, 0) is 31.9 Å². The van der Waals surface area contributed by atoms with Crippen LogP contribution in [0.1, 0.15) is 50.2 Å². The van der Waals surface area contributed by atoms with Crippen molar-refractivity contribution in [2.24, 2.45) is 0 Å². The second-order valence-corrected chi connectivity index (χ2v) is 11.5. The molecule has 0 amide bonds. The van der Waals surface area contributed by atoms with E-state index in [2.05, 4.69) is 146 Å². The van der Waals surface area contributed by atoms with Gasteiger partial charge in [-0.3, -0.25) is 9.97 Å². The van der Waals surface area contributed by atoms with Crippen molar-refractivity contribution in [2.45, 2.75) is 38.5 Å². The largest absolute Gasteiger partial charge is 2.00 e. The first kappa shape index (κ1) is 27.2. The molecule has 0 N–H and O–H groups in total. The fraction of sp³-hybridized carbons (Fsp3) is 0.167. The standard InChI is InChI=1S/C36H30N4.Pt/c1-35(2)27-15-11-13-25(21-27)34-38-32(24-40(34)30-19-9-6-10-20-30)36(3,4)28-16-12-14-26(22-28)33-37-31(35)23-39(33)29-17-7-5-8-18-29;/h5-20,23-24H,1-4H3;/q-2;+2. The molecule has 7 rings (SSSR count). The van der Waals surface area contributed by atoms with Crippen LogP contribution >= 0.6 is 0 Å². The van der Waals surface area contributed by atoms with Crippen LogP contribution in [0.4, 0.5) is 0 Å². The van der Waals surface area contributed by atoms with E-state index < -0.39 is 10.8 Å². The molecule has 4 nitrogen and oxygen atoms in total. The number of nitrogens with zero attached hydrogens (tertiary/aromatic N) is 4. The Hall–Kier alpha value is -4.01. The van der Waals surface area contributed by atoms with Crippen molar-refractivity contribution >= 4 is 0 Å². The molecule has 204 valence electrons. The maximum atomic E-state index is 5.27. The zero-order valence-electron chi connectivity index (χ0n) is 23.5. The van der Waals surface area contributed by atoms with Gasteiger partial charge in [0, 0.05) is 34.6 Å². The summed E-state index contributed by atoms with van der Waals surface area (Å²) in [5, 5.41) is 0. The molecule has 0 saturated carbocycles. The summed E-state index contributed by atoms with van der Waals surface area (Å²) in [7, 11) is 0. The summed E-state index contributed by atoms with van der Waals surface area (Å²) < 4.78 is 4.37. The van der Waals surface area contributed by atoms with Crippen molar-refractivity contribution in [3.05, 3.63) is 144 Å². The van der Waals surface area contributed by atoms with Crippen LogP contribution in [0.15, 0.2) is 109 Å². The Kier molecular flexibility index (Phi) is 6.71. The van der Waals surface area contributed by atoms with E-state index in [1.165, 1.54) is 0 Å². The topological polar surface area (TPSA) is 35.6 Å². The van der Waals surface area contributed by atoms with Crippen LogP contribution in [0.3, 0.4) is 0 Å². The van der Waals surface area contributed by atoms with Crippen molar-refractivity contribution < 1.29 is 21.1 Å². The smallest absolute Gasteiger partial charge is 0.340 e. The second kappa shape index (κ2) is 10.1. The maximum absolute atomic E-state index is 5.27. The Balaban J connectivity index is 0.00000302. The second-order valence-electron chi connectivity index (χ2n) is 11.5. The molecule has 0 fully saturated rings. The zero-order chi connectivity index (χ0) is 27.5. The zero-order valence-corrected chi connectivity index (χ0v) is 25.8. The number of para-hydroxylation sites is 2. The SMILES string of the molecule is CC1(C)c2[c-]c(ccc2)-c2nc(cn2-c2ccccc2)C(C)(C)c2[c-]c(ccc2)-c2nc1cn2-c1ccccc1.[Pt+2]. The first-order valence-electron chi connectivity index (χ1n) is 13.7. The molecule has 3 heterocycles. The average Bonchev–Trinajstić information content (AvgIpc) is 3.65. The summed E-state index contributed by atoms with van der Waals surface area (Å²) in [5.41, 5.74) is 7.31. The normalized spacial score (nSPS) is 14.5. The molecule has 0 radical (unpaired) electrons. The van der Waals surface area contributed by atoms with Crippen LogP contribution in [0.5, 0.6) is 0 Å². The Morgan fingerprint density at radius 1 is 0.512 bits per heavy atom. The third-order valence-electron chi connectivity index (χ3n) is 8.18. The fourth-order valence-corrected chi connectivity index (χ4v) is 5.52. The number of benzene rings is 4. The van der Waals surface area contributed by atoms with Crippen molar-refractivity contribution in [3.8, 4) is 34.2 Å². The van der Waals surface area contributed by atoms with E-state index in [1.54, 1.807) is 0 Å². The van der Waals surface area contributed by atoms with Gasteiger partial charge in [0.05, 0.1) is 23.0 Å². The molecule has 1 aliphatic rings. The van der Waals surface area contributed by atoms with E-state index in [0.717, 1.165) is 56.7 Å². The molecule has 0 atom stereocenters. The number of rotatable bonds is 2. The predicted molar refractivity (Wildman–Crippen MR) is 160 cm³/mol. The fourth-order valence-electron chi connectivity index (χ4n) is 5.52. The summed E-state index contributed by atoms with van der Waals surface area (Å²) in [6.07, 6.45) is 4.33. The van der Waals surface area contributed by atoms with E-state index in [-0.39, 0.29) is 21.1 Å². The van der Waals surface area contributed by atoms with Gasteiger partial charge in [-0.1, -0.05) is 64.1 Å². The number of hydrogen-bond donors (Lipinski definition) is 0. The third kappa shape index (κ3) is 4.51. The predicted octanol–water partition coefficient (Wildman–Crippen LogP) is 7.96.